The molecule has 5 aromatic rings. The van der Waals surface area contributed by atoms with Gasteiger partial charge in [0, 0.05) is 34.6 Å². The Morgan fingerprint density at radius 1 is 1.05 bits per heavy atom. The molecule has 0 radical (unpaired) electrons. The van der Waals surface area contributed by atoms with Crippen molar-refractivity contribution in [3.63, 3.8) is 0 Å². The number of benzene rings is 2. The average Bonchev–Trinajstić information content (AvgIpc) is 3.38. The number of hydrogen-bond acceptors (Lipinski definition) is 6. The van der Waals surface area contributed by atoms with E-state index in [0.29, 0.717) is 17.1 Å². The zero-order valence-electron chi connectivity index (χ0n) is 22.5. The van der Waals surface area contributed by atoms with Crippen molar-refractivity contribution in [2.24, 2.45) is 0 Å². The first-order valence-corrected chi connectivity index (χ1v) is 12.2. The first-order chi connectivity index (χ1) is 17.5. The molecule has 0 saturated heterocycles. The predicted octanol–water partition coefficient (Wildman–Crippen LogP) is 6.02. The van der Waals surface area contributed by atoms with E-state index in [-0.39, 0.29) is 11.3 Å². The van der Waals surface area contributed by atoms with Crippen molar-refractivity contribution in [3.8, 4) is 28.1 Å². The largest absolute Gasteiger partial charge is 0.496 e. The minimum atomic E-state index is -0.160. The van der Waals surface area contributed by atoms with E-state index in [9.17, 15) is 4.79 Å². The summed E-state index contributed by atoms with van der Waals surface area (Å²) in [5.41, 5.74) is 7.31. The number of carbonyl (C=O) groups excluding carboxylic acids is 1. The van der Waals surface area contributed by atoms with Crippen LogP contribution < -0.4 is 10.1 Å². The summed E-state index contributed by atoms with van der Waals surface area (Å²) in [6.07, 6.45) is 0. The summed E-state index contributed by atoms with van der Waals surface area (Å²) < 4.78 is 11.2. The van der Waals surface area contributed by atoms with Crippen LogP contribution in [0.15, 0.2) is 34.9 Å². The normalized spacial score (nSPS) is 11.9. The highest BCUT2D eigenvalue weighted by Gasteiger charge is 2.23. The molecule has 0 saturated carbocycles. The quantitative estimate of drug-likeness (QED) is 0.314. The van der Waals surface area contributed by atoms with Crippen LogP contribution in [0, 0.1) is 20.8 Å². The van der Waals surface area contributed by atoms with Crippen LogP contribution in [0.4, 0.5) is 0 Å². The van der Waals surface area contributed by atoms with Gasteiger partial charge in [-0.1, -0.05) is 25.9 Å². The van der Waals surface area contributed by atoms with Crippen molar-refractivity contribution in [3.05, 3.63) is 58.7 Å². The summed E-state index contributed by atoms with van der Waals surface area (Å²) in [6.45, 7) is 12.1. The van der Waals surface area contributed by atoms with E-state index in [1.54, 1.807) is 14.2 Å². The first-order valence-electron chi connectivity index (χ1n) is 12.2. The van der Waals surface area contributed by atoms with Crippen molar-refractivity contribution >= 4 is 27.8 Å². The highest BCUT2D eigenvalue weighted by Crippen LogP contribution is 2.41. The highest BCUT2D eigenvalue weighted by molar-refractivity contribution is 6.14. The van der Waals surface area contributed by atoms with Crippen LogP contribution >= 0.6 is 0 Å². The lowest BCUT2D eigenvalue weighted by atomic mass is 9.84. The summed E-state index contributed by atoms with van der Waals surface area (Å²) in [4.78, 5) is 25.7. The van der Waals surface area contributed by atoms with Crippen molar-refractivity contribution < 1.29 is 14.1 Å². The number of rotatable bonds is 4. The maximum Gasteiger partial charge on any atom is 0.251 e. The van der Waals surface area contributed by atoms with E-state index in [1.165, 1.54) is 0 Å². The van der Waals surface area contributed by atoms with Crippen molar-refractivity contribution in [2.75, 3.05) is 14.2 Å². The Bertz CT molecular complexity index is 1670. The molecule has 0 fully saturated rings. The Labute approximate surface area is 215 Å². The summed E-state index contributed by atoms with van der Waals surface area (Å²) in [6, 6.07) is 10.0. The van der Waals surface area contributed by atoms with E-state index >= 15 is 0 Å². The monoisotopic (exact) mass is 497 g/mol. The van der Waals surface area contributed by atoms with Crippen LogP contribution in [-0.4, -0.2) is 40.2 Å². The molecule has 190 valence electrons. The van der Waals surface area contributed by atoms with Crippen LogP contribution in [0.3, 0.4) is 0 Å². The van der Waals surface area contributed by atoms with Crippen LogP contribution in [-0.2, 0) is 5.41 Å². The second-order valence-electron chi connectivity index (χ2n) is 10.4. The lowest BCUT2D eigenvalue weighted by Crippen LogP contribution is -2.20. The second-order valence-corrected chi connectivity index (χ2v) is 10.4. The third kappa shape index (κ3) is 4.12. The van der Waals surface area contributed by atoms with Crippen LogP contribution in [0.5, 0.6) is 5.75 Å². The Hall–Kier alpha value is -4.20. The minimum Gasteiger partial charge on any atom is -0.496 e. The van der Waals surface area contributed by atoms with Gasteiger partial charge < -0.3 is 19.6 Å². The van der Waals surface area contributed by atoms with Gasteiger partial charge in [0.15, 0.2) is 0 Å². The number of amides is 1. The lowest BCUT2D eigenvalue weighted by Gasteiger charge is -2.21. The van der Waals surface area contributed by atoms with Gasteiger partial charge in [0.25, 0.3) is 5.91 Å². The Morgan fingerprint density at radius 2 is 1.81 bits per heavy atom. The van der Waals surface area contributed by atoms with Crippen LogP contribution in [0.2, 0.25) is 0 Å². The SMILES string of the molecule is CNC(=O)c1cc(-c2nc(C)nc3[nH]c4cc(-c5c(C)noc5C)c(OC)cc4c23)cc(C(C)(C)C)c1. The van der Waals surface area contributed by atoms with E-state index in [4.69, 9.17) is 19.2 Å². The fraction of sp³-hybridized carbons (Fsp3) is 0.310. The smallest absolute Gasteiger partial charge is 0.251 e. The molecule has 37 heavy (non-hydrogen) atoms. The molecule has 1 amide bonds. The number of aromatic nitrogens is 4. The molecule has 0 spiro atoms. The minimum absolute atomic E-state index is 0.140. The summed E-state index contributed by atoms with van der Waals surface area (Å²) in [5, 5.41) is 8.67. The fourth-order valence-corrected chi connectivity index (χ4v) is 4.85. The number of methoxy groups -OCH3 is 1. The lowest BCUT2D eigenvalue weighted by molar-refractivity contribution is 0.0963. The summed E-state index contributed by atoms with van der Waals surface area (Å²) in [5.74, 6) is 1.92. The van der Waals surface area contributed by atoms with Gasteiger partial charge in [0.05, 0.1) is 29.4 Å². The van der Waals surface area contributed by atoms with Gasteiger partial charge >= 0.3 is 0 Å². The first kappa shape index (κ1) is 24.5. The summed E-state index contributed by atoms with van der Waals surface area (Å²) >= 11 is 0. The van der Waals surface area contributed by atoms with Gasteiger partial charge in [0.1, 0.15) is 23.0 Å². The Morgan fingerprint density at radius 3 is 2.43 bits per heavy atom. The third-order valence-electron chi connectivity index (χ3n) is 6.75. The number of nitrogens with one attached hydrogen (secondary N) is 2. The molecular weight excluding hydrogens is 466 g/mol. The standard InChI is InChI=1S/C29H31N5O3/c1-14-24(15(2)37-34-14)21-12-22-20(13-23(21)36-8)25-26(31-16(3)32-27(25)33-22)17-9-18(28(35)30-7)11-19(10-17)29(4,5)6/h9-13H,1-8H3,(H,30,35)(H,31,32,33). The van der Waals surface area contributed by atoms with Gasteiger partial charge in [-0.15, -0.1) is 0 Å². The average molecular weight is 498 g/mol. The number of fused-ring (bicyclic) bond motifs is 3. The third-order valence-corrected chi connectivity index (χ3v) is 6.75. The molecule has 0 aliphatic heterocycles. The molecule has 2 N–H and O–H groups in total. The van der Waals surface area contributed by atoms with E-state index in [1.807, 2.05) is 45.0 Å². The number of aromatic amines is 1. The van der Waals surface area contributed by atoms with Gasteiger partial charge in [-0.25, -0.2) is 9.97 Å². The topological polar surface area (TPSA) is 106 Å². The fourth-order valence-electron chi connectivity index (χ4n) is 4.85. The van der Waals surface area contributed by atoms with Crippen LogP contribution in [0.25, 0.3) is 44.3 Å². The van der Waals surface area contributed by atoms with E-state index in [2.05, 4.69) is 42.3 Å². The molecule has 8 nitrogen and oxygen atoms in total. The number of aryl methyl sites for hydroxylation is 3. The molecule has 3 aromatic heterocycles. The molecule has 3 heterocycles. The van der Waals surface area contributed by atoms with Gasteiger partial charge in [-0.05, 0) is 62.1 Å². The van der Waals surface area contributed by atoms with Crippen LogP contribution in [0.1, 0.15) is 54.0 Å². The zero-order chi connectivity index (χ0) is 26.6. The van der Waals surface area contributed by atoms with Crippen molar-refractivity contribution in [1.82, 2.24) is 25.4 Å². The maximum absolute atomic E-state index is 12.7. The molecule has 8 heteroatoms. The maximum atomic E-state index is 12.7. The number of hydrogen-bond donors (Lipinski definition) is 2. The highest BCUT2D eigenvalue weighted by atomic mass is 16.5. The molecule has 2 aromatic carbocycles. The van der Waals surface area contributed by atoms with Crippen molar-refractivity contribution in [1.29, 1.82) is 0 Å². The molecule has 5 rings (SSSR count). The summed E-state index contributed by atoms with van der Waals surface area (Å²) in [7, 11) is 3.29. The van der Waals surface area contributed by atoms with Crippen molar-refractivity contribution in [2.45, 2.75) is 47.0 Å². The molecule has 0 bridgehead atoms. The number of carbonyl (C=O) groups is 1. The number of ether oxygens (including phenoxy) is 1. The molecule has 0 unspecified atom stereocenters. The van der Waals surface area contributed by atoms with E-state index in [0.717, 1.165) is 61.3 Å². The zero-order valence-corrected chi connectivity index (χ0v) is 22.5. The van der Waals surface area contributed by atoms with E-state index < -0.39 is 0 Å². The molecule has 0 aliphatic rings. The molecule has 0 atom stereocenters. The molecular formula is C29H31N5O3. The van der Waals surface area contributed by atoms with Gasteiger partial charge in [-0.3, -0.25) is 4.79 Å². The van der Waals surface area contributed by atoms with Gasteiger partial charge in [0.2, 0.25) is 0 Å². The number of nitrogens with zero attached hydrogens (tertiary/aromatic N) is 3. The Balaban J connectivity index is 1.84. The second kappa shape index (κ2) is 8.73. The number of H-pyrrole nitrogens is 1. The van der Waals surface area contributed by atoms with Gasteiger partial charge in [-0.2, -0.15) is 0 Å². The predicted molar refractivity (Wildman–Crippen MR) is 145 cm³/mol. The molecule has 0 aliphatic carbocycles. The Kier molecular flexibility index (Phi) is 5.78.